The summed E-state index contributed by atoms with van der Waals surface area (Å²) in [4.78, 5) is 4.09. The van der Waals surface area contributed by atoms with Crippen molar-refractivity contribution in [3.8, 4) is 0 Å². The lowest BCUT2D eigenvalue weighted by Gasteiger charge is -2.03. The highest BCUT2D eigenvalue weighted by molar-refractivity contribution is 5.48. The van der Waals surface area contributed by atoms with Crippen LogP contribution in [0.5, 0.6) is 0 Å². The van der Waals surface area contributed by atoms with E-state index in [2.05, 4.69) is 10.4 Å². The van der Waals surface area contributed by atoms with E-state index in [1.165, 1.54) is 0 Å². The maximum Gasteiger partial charge on any atom is 0.0547 e. The summed E-state index contributed by atoms with van der Waals surface area (Å²) in [7, 11) is 0. The van der Waals surface area contributed by atoms with Crippen molar-refractivity contribution >= 4 is 5.69 Å². The SMILES string of the molecule is Cc1cc(NN)c(C)cn1. The molecule has 0 saturated heterocycles. The first-order valence-electron chi connectivity index (χ1n) is 3.14. The minimum absolute atomic E-state index is 0.938. The molecule has 54 valence electrons. The number of nitrogens with one attached hydrogen (secondary N) is 1. The van der Waals surface area contributed by atoms with Crippen LogP contribution in [-0.4, -0.2) is 4.98 Å². The summed E-state index contributed by atoms with van der Waals surface area (Å²) in [5, 5.41) is 0. The van der Waals surface area contributed by atoms with E-state index in [1.54, 1.807) is 6.20 Å². The highest BCUT2D eigenvalue weighted by Gasteiger charge is 1.94. The van der Waals surface area contributed by atoms with Gasteiger partial charge >= 0.3 is 0 Å². The minimum atomic E-state index is 0.938. The Kier molecular flexibility index (Phi) is 1.87. The molecule has 0 aliphatic rings. The fourth-order valence-corrected chi connectivity index (χ4v) is 0.784. The van der Waals surface area contributed by atoms with Crippen molar-refractivity contribution in [1.82, 2.24) is 4.98 Å². The van der Waals surface area contributed by atoms with Crippen LogP contribution < -0.4 is 11.3 Å². The van der Waals surface area contributed by atoms with Crippen molar-refractivity contribution in [1.29, 1.82) is 0 Å². The van der Waals surface area contributed by atoms with Crippen LogP contribution in [0.15, 0.2) is 12.3 Å². The summed E-state index contributed by atoms with van der Waals surface area (Å²) in [5.41, 5.74) is 5.57. The predicted molar refractivity (Wildman–Crippen MR) is 41.5 cm³/mol. The number of nitrogen functional groups attached to an aromatic ring is 1. The molecule has 10 heavy (non-hydrogen) atoms. The second-order valence-corrected chi connectivity index (χ2v) is 2.28. The molecule has 1 rings (SSSR count). The molecule has 0 amide bonds. The predicted octanol–water partition coefficient (Wildman–Crippen LogP) is 0.984. The molecule has 1 heterocycles. The zero-order valence-electron chi connectivity index (χ0n) is 6.18. The molecule has 1 aromatic heterocycles. The van der Waals surface area contributed by atoms with E-state index in [9.17, 15) is 0 Å². The minimum Gasteiger partial charge on any atom is -0.324 e. The molecule has 0 atom stereocenters. The monoisotopic (exact) mass is 137 g/mol. The summed E-state index contributed by atoms with van der Waals surface area (Å²) >= 11 is 0. The molecule has 0 aliphatic heterocycles. The standard InChI is InChI=1S/C7H11N3/c1-5-4-9-6(2)3-7(5)10-8/h3-4H,8H2,1-2H3,(H,9,10). The van der Waals surface area contributed by atoms with E-state index >= 15 is 0 Å². The van der Waals surface area contributed by atoms with Gasteiger partial charge in [-0.2, -0.15) is 0 Å². The Hall–Kier alpha value is -1.09. The topological polar surface area (TPSA) is 50.9 Å². The first-order valence-corrected chi connectivity index (χ1v) is 3.14. The van der Waals surface area contributed by atoms with Crippen molar-refractivity contribution in [2.24, 2.45) is 5.84 Å². The lowest BCUT2D eigenvalue weighted by molar-refractivity contribution is 1.16. The molecule has 0 aromatic carbocycles. The smallest absolute Gasteiger partial charge is 0.0547 e. The Labute approximate surface area is 60.2 Å². The molecule has 0 aliphatic carbocycles. The molecule has 3 N–H and O–H groups in total. The number of hydrogen-bond acceptors (Lipinski definition) is 3. The summed E-state index contributed by atoms with van der Waals surface area (Å²) < 4.78 is 0. The summed E-state index contributed by atoms with van der Waals surface area (Å²) in [6.45, 7) is 3.89. The van der Waals surface area contributed by atoms with Gasteiger partial charge in [-0.25, -0.2) is 0 Å². The Balaban J connectivity index is 3.09. The Morgan fingerprint density at radius 3 is 2.70 bits per heavy atom. The maximum absolute atomic E-state index is 5.24. The van der Waals surface area contributed by atoms with Crippen LogP contribution >= 0.6 is 0 Å². The van der Waals surface area contributed by atoms with E-state index in [0.29, 0.717) is 0 Å². The molecule has 3 heteroatoms. The number of anilines is 1. The quantitative estimate of drug-likeness (QED) is 0.448. The van der Waals surface area contributed by atoms with Crippen molar-refractivity contribution in [3.63, 3.8) is 0 Å². The third-order valence-electron chi connectivity index (χ3n) is 1.40. The Bertz CT molecular complexity index is 232. The van der Waals surface area contributed by atoms with E-state index in [1.807, 2.05) is 19.9 Å². The van der Waals surface area contributed by atoms with Crippen LogP contribution in [0.1, 0.15) is 11.3 Å². The van der Waals surface area contributed by atoms with Gasteiger partial charge in [0.2, 0.25) is 0 Å². The summed E-state index contributed by atoms with van der Waals surface area (Å²) in [6, 6.07) is 1.91. The van der Waals surface area contributed by atoms with Crippen LogP contribution in [0.4, 0.5) is 5.69 Å². The van der Waals surface area contributed by atoms with Gasteiger partial charge in [-0.05, 0) is 25.5 Å². The molecular formula is C7H11N3. The van der Waals surface area contributed by atoms with E-state index in [0.717, 1.165) is 16.9 Å². The molecule has 0 saturated carbocycles. The van der Waals surface area contributed by atoms with Gasteiger partial charge in [0.15, 0.2) is 0 Å². The highest BCUT2D eigenvalue weighted by Crippen LogP contribution is 2.11. The average molecular weight is 137 g/mol. The lowest BCUT2D eigenvalue weighted by atomic mass is 10.2. The zero-order chi connectivity index (χ0) is 7.56. The zero-order valence-corrected chi connectivity index (χ0v) is 6.18. The highest BCUT2D eigenvalue weighted by atomic mass is 15.2. The number of aromatic nitrogens is 1. The van der Waals surface area contributed by atoms with Crippen LogP contribution in [0.3, 0.4) is 0 Å². The Morgan fingerprint density at radius 1 is 1.50 bits per heavy atom. The lowest BCUT2D eigenvalue weighted by Crippen LogP contribution is -2.08. The van der Waals surface area contributed by atoms with Gasteiger partial charge in [-0.15, -0.1) is 0 Å². The molecule has 1 aromatic rings. The molecule has 0 fully saturated rings. The second kappa shape index (κ2) is 2.66. The van der Waals surface area contributed by atoms with Crippen LogP contribution in [-0.2, 0) is 0 Å². The van der Waals surface area contributed by atoms with Gasteiger partial charge in [0.1, 0.15) is 0 Å². The number of aryl methyl sites for hydroxylation is 2. The fourth-order valence-electron chi connectivity index (χ4n) is 0.784. The molecule has 0 bridgehead atoms. The van der Waals surface area contributed by atoms with Crippen molar-refractivity contribution in [2.45, 2.75) is 13.8 Å². The van der Waals surface area contributed by atoms with E-state index in [4.69, 9.17) is 5.84 Å². The van der Waals surface area contributed by atoms with Crippen LogP contribution in [0, 0.1) is 13.8 Å². The number of pyridine rings is 1. The third kappa shape index (κ3) is 1.25. The molecule has 3 nitrogen and oxygen atoms in total. The van der Waals surface area contributed by atoms with Gasteiger partial charge in [0, 0.05) is 11.9 Å². The average Bonchev–Trinajstić information content (AvgIpc) is 1.94. The van der Waals surface area contributed by atoms with Gasteiger partial charge in [0.05, 0.1) is 5.69 Å². The molecule has 0 unspecified atom stereocenters. The number of hydrogen-bond donors (Lipinski definition) is 2. The second-order valence-electron chi connectivity index (χ2n) is 2.28. The van der Waals surface area contributed by atoms with Gasteiger partial charge in [-0.1, -0.05) is 0 Å². The summed E-state index contributed by atoms with van der Waals surface area (Å²) in [5.74, 6) is 5.24. The number of nitrogens with two attached hydrogens (primary N) is 1. The van der Waals surface area contributed by atoms with Crippen molar-refractivity contribution in [3.05, 3.63) is 23.5 Å². The molecule has 0 radical (unpaired) electrons. The number of nitrogens with zero attached hydrogens (tertiary/aromatic N) is 1. The molecular weight excluding hydrogens is 126 g/mol. The largest absolute Gasteiger partial charge is 0.324 e. The van der Waals surface area contributed by atoms with Crippen LogP contribution in [0.25, 0.3) is 0 Å². The first kappa shape index (κ1) is 7.02. The number of rotatable bonds is 1. The van der Waals surface area contributed by atoms with Crippen LogP contribution in [0.2, 0.25) is 0 Å². The summed E-state index contributed by atoms with van der Waals surface area (Å²) in [6.07, 6.45) is 1.80. The third-order valence-corrected chi connectivity index (χ3v) is 1.40. The Morgan fingerprint density at radius 2 is 2.20 bits per heavy atom. The van der Waals surface area contributed by atoms with Gasteiger partial charge in [0.25, 0.3) is 0 Å². The van der Waals surface area contributed by atoms with E-state index in [-0.39, 0.29) is 0 Å². The van der Waals surface area contributed by atoms with Crippen molar-refractivity contribution in [2.75, 3.05) is 5.43 Å². The fraction of sp³-hybridized carbons (Fsp3) is 0.286. The molecule has 0 spiro atoms. The number of hydrazine groups is 1. The van der Waals surface area contributed by atoms with Gasteiger partial charge in [-0.3, -0.25) is 10.8 Å². The van der Waals surface area contributed by atoms with Crippen molar-refractivity contribution < 1.29 is 0 Å². The maximum atomic E-state index is 5.24. The van der Waals surface area contributed by atoms with Gasteiger partial charge < -0.3 is 5.43 Å². The first-order chi connectivity index (χ1) is 4.74. The normalized spacial score (nSPS) is 9.50. The van der Waals surface area contributed by atoms with E-state index < -0.39 is 0 Å².